The van der Waals surface area contributed by atoms with Crippen LogP contribution < -0.4 is 10.1 Å². The van der Waals surface area contributed by atoms with Gasteiger partial charge in [0.1, 0.15) is 5.75 Å². The van der Waals surface area contributed by atoms with E-state index in [1.807, 2.05) is 25.1 Å². The Morgan fingerprint density at radius 2 is 2.04 bits per heavy atom. The summed E-state index contributed by atoms with van der Waals surface area (Å²) in [7, 11) is 0. The van der Waals surface area contributed by atoms with Crippen LogP contribution in [0, 0.1) is 0 Å². The fourth-order valence-electron chi connectivity index (χ4n) is 2.34. The first kappa shape index (κ1) is 17.0. The molecule has 0 unspecified atom stereocenters. The van der Waals surface area contributed by atoms with Crippen molar-refractivity contribution in [2.24, 2.45) is 0 Å². The maximum absolute atomic E-state index is 12.8. The molecule has 1 aliphatic rings. The van der Waals surface area contributed by atoms with Crippen LogP contribution >= 0.6 is 27.5 Å². The summed E-state index contributed by atoms with van der Waals surface area (Å²) in [6, 6.07) is 12.5. The van der Waals surface area contributed by atoms with E-state index in [1.165, 1.54) is 0 Å². The standard InChI is InChI=1S/C18H15BrClNO3/c1-2-23-18-15(10-21-13-6-4-12(20)5-7-13)17(22)14-9-11(19)3-8-16(14)24-18/h3-10,18,21H,2H2,1H3/b15-10-/t18-/m0/s1. The fourth-order valence-corrected chi connectivity index (χ4v) is 2.83. The first-order valence-corrected chi connectivity index (χ1v) is 8.60. The minimum atomic E-state index is -0.740. The molecule has 1 heterocycles. The third-order valence-electron chi connectivity index (χ3n) is 3.49. The highest BCUT2D eigenvalue weighted by Crippen LogP contribution is 2.33. The number of benzene rings is 2. The van der Waals surface area contributed by atoms with Gasteiger partial charge in [-0.15, -0.1) is 0 Å². The van der Waals surface area contributed by atoms with Gasteiger partial charge in [0.15, 0.2) is 0 Å². The average molecular weight is 409 g/mol. The molecule has 0 saturated heterocycles. The summed E-state index contributed by atoms with van der Waals surface area (Å²) in [5.41, 5.74) is 1.73. The Hall–Kier alpha value is -1.82. The molecule has 0 saturated carbocycles. The summed E-state index contributed by atoms with van der Waals surface area (Å²) in [5.74, 6) is 0.391. The first-order valence-electron chi connectivity index (χ1n) is 7.43. The number of Topliss-reactive ketones (excluding diaryl/α,β-unsaturated/α-hetero) is 1. The minimum Gasteiger partial charge on any atom is -0.460 e. The number of ether oxygens (including phenoxy) is 2. The van der Waals surface area contributed by atoms with Crippen LogP contribution in [0.3, 0.4) is 0 Å². The van der Waals surface area contributed by atoms with E-state index in [1.54, 1.807) is 30.5 Å². The van der Waals surface area contributed by atoms with E-state index in [4.69, 9.17) is 21.1 Å². The average Bonchev–Trinajstić information content (AvgIpc) is 2.57. The highest BCUT2D eigenvalue weighted by atomic mass is 79.9. The molecule has 0 aromatic heterocycles. The molecule has 2 aromatic carbocycles. The Morgan fingerprint density at radius 1 is 1.29 bits per heavy atom. The van der Waals surface area contributed by atoms with Crippen molar-refractivity contribution in [3.8, 4) is 5.75 Å². The van der Waals surface area contributed by atoms with Crippen LogP contribution in [0.5, 0.6) is 5.75 Å². The van der Waals surface area contributed by atoms with Crippen LogP contribution in [-0.4, -0.2) is 18.7 Å². The van der Waals surface area contributed by atoms with Gasteiger partial charge in [0, 0.05) is 28.0 Å². The number of rotatable bonds is 4. The molecule has 4 nitrogen and oxygen atoms in total. The molecular weight excluding hydrogens is 394 g/mol. The quantitative estimate of drug-likeness (QED) is 0.720. The summed E-state index contributed by atoms with van der Waals surface area (Å²) in [6.07, 6.45) is 0.881. The van der Waals surface area contributed by atoms with Crippen molar-refractivity contribution in [1.29, 1.82) is 0 Å². The zero-order valence-corrected chi connectivity index (χ0v) is 15.2. The van der Waals surface area contributed by atoms with Crippen molar-refractivity contribution >= 4 is 39.0 Å². The van der Waals surface area contributed by atoms with Crippen LogP contribution in [0.1, 0.15) is 17.3 Å². The van der Waals surface area contributed by atoms with E-state index in [2.05, 4.69) is 21.2 Å². The Balaban J connectivity index is 1.92. The third kappa shape index (κ3) is 3.64. The maximum Gasteiger partial charge on any atom is 0.232 e. The summed E-state index contributed by atoms with van der Waals surface area (Å²) in [5, 5.41) is 3.74. The number of anilines is 1. The monoisotopic (exact) mass is 407 g/mol. The number of carbonyl (C=O) groups is 1. The van der Waals surface area contributed by atoms with E-state index >= 15 is 0 Å². The molecule has 124 valence electrons. The van der Waals surface area contributed by atoms with Crippen LogP contribution in [0.2, 0.25) is 5.02 Å². The molecule has 0 radical (unpaired) electrons. The number of nitrogens with one attached hydrogen (secondary N) is 1. The normalized spacial score (nSPS) is 18.2. The number of halogens is 2. The van der Waals surface area contributed by atoms with E-state index in [0.29, 0.717) is 28.5 Å². The zero-order chi connectivity index (χ0) is 17.1. The lowest BCUT2D eigenvalue weighted by Gasteiger charge is -2.27. The van der Waals surface area contributed by atoms with E-state index in [-0.39, 0.29) is 5.78 Å². The maximum atomic E-state index is 12.8. The van der Waals surface area contributed by atoms with Gasteiger partial charge in [0.2, 0.25) is 12.1 Å². The molecule has 0 spiro atoms. The van der Waals surface area contributed by atoms with Crippen molar-refractivity contribution in [1.82, 2.24) is 0 Å². The highest BCUT2D eigenvalue weighted by Gasteiger charge is 2.32. The molecule has 6 heteroatoms. The number of carbonyl (C=O) groups excluding carboxylic acids is 1. The second-order valence-corrected chi connectivity index (χ2v) is 6.48. The summed E-state index contributed by atoms with van der Waals surface area (Å²) in [6.45, 7) is 2.29. The van der Waals surface area contributed by atoms with Gasteiger partial charge in [0.05, 0.1) is 11.1 Å². The number of hydrogen-bond acceptors (Lipinski definition) is 4. The minimum absolute atomic E-state index is 0.127. The molecule has 0 amide bonds. The Bertz CT molecular complexity index is 789. The van der Waals surface area contributed by atoms with Crippen LogP contribution in [0.4, 0.5) is 5.69 Å². The van der Waals surface area contributed by atoms with Gasteiger partial charge in [0.25, 0.3) is 0 Å². The van der Waals surface area contributed by atoms with Gasteiger partial charge in [-0.2, -0.15) is 0 Å². The van der Waals surface area contributed by atoms with Crippen molar-refractivity contribution in [3.63, 3.8) is 0 Å². The lowest BCUT2D eigenvalue weighted by Crippen LogP contribution is -2.33. The van der Waals surface area contributed by atoms with Gasteiger partial charge in [-0.25, -0.2) is 0 Å². The molecule has 3 rings (SSSR count). The second-order valence-electron chi connectivity index (χ2n) is 5.13. The number of hydrogen-bond donors (Lipinski definition) is 1. The van der Waals surface area contributed by atoms with Gasteiger partial charge < -0.3 is 14.8 Å². The molecule has 1 aliphatic heterocycles. The molecule has 0 aliphatic carbocycles. The topological polar surface area (TPSA) is 47.6 Å². The van der Waals surface area contributed by atoms with E-state index < -0.39 is 6.29 Å². The second kappa shape index (κ2) is 7.38. The van der Waals surface area contributed by atoms with Crippen LogP contribution in [0.25, 0.3) is 0 Å². The van der Waals surface area contributed by atoms with Crippen LogP contribution in [-0.2, 0) is 4.74 Å². The van der Waals surface area contributed by atoms with E-state index in [9.17, 15) is 4.79 Å². The smallest absolute Gasteiger partial charge is 0.232 e. The predicted octanol–water partition coefficient (Wildman–Crippen LogP) is 5.04. The lowest BCUT2D eigenvalue weighted by molar-refractivity contribution is -0.0509. The SMILES string of the molecule is CCO[C@H]1Oc2ccc(Br)cc2C(=O)/C1=C/Nc1ccc(Cl)cc1. The highest BCUT2D eigenvalue weighted by molar-refractivity contribution is 9.10. The molecule has 0 fully saturated rings. The zero-order valence-electron chi connectivity index (χ0n) is 12.9. The van der Waals surface area contributed by atoms with Crippen molar-refractivity contribution in [3.05, 3.63) is 69.3 Å². The molecule has 24 heavy (non-hydrogen) atoms. The molecule has 1 atom stereocenters. The Labute approximate surface area is 153 Å². The summed E-state index contributed by atoms with van der Waals surface area (Å²) < 4.78 is 12.2. The van der Waals surface area contributed by atoms with E-state index in [0.717, 1.165) is 10.2 Å². The summed E-state index contributed by atoms with van der Waals surface area (Å²) in [4.78, 5) is 12.8. The third-order valence-corrected chi connectivity index (χ3v) is 4.24. The Morgan fingerprint density at radius 3 is 2.75 bits per heavy atom. The van der Waals surface area contributed by atoms with Gasteiger partial charge in [-0.3, -0.25) is 4.79 Å². The van der Waals surface area contributed by atoms with Crippen molar-refractivity contribution in [2.45, 2.75) is 13.2 Å². The first-order chi connectivity index (χ1) is 11.6. The van der Waals surface area contributed by atoms with Gasteiger partial charge in [-0.05, 0) is 49.4 Å². The fraction of sp³-hybridized carbons (Fsp3) is 0.167. The van der Waals surface area contributed by atoms with Gasteiger partial charge in [-0.1, -0.05) is 27.5 Å². The molecular formula is C18H15BrClNO3. The molecule has 2 aromatic rings. The Kier molecular flexibility index (Phi) is 5.23. The summed E-state index contributed by atoms with van der Waals surface area (Å²) >= 11 is 9.26. The molecule has 0 bridgehead atoms. The largest absolute Gasteiger partial charge is 0.460 e. The van der Waals surface area contributed by atoms with Crippen molar-refractivity contribution < 1.29 is 14.3 Å². The number of fused-ring (bicyclic) bond motifs is 1. The predicted molar refractivity (Wildman–Crippen MR) is 97.7 cm³/mol. The molecule has 1 N–H and O–H groups in total. The van der Waals surface area contributed by atoms with Crippen molar-refractivity contribution in [2.75, 3.05) is 11.9 Å². The van der Waals surface area contributed by atoms with Gasteiger partial charge >= 0.3 is 0 Å². The lowest BCUT2D eigenvalue weighted by atomic mass is 10.00. The number of ketones is 1. The van der Waals surface area contributed by atoms with Crippen LogP contribution in [0.15, 0.2) is 58.7 Å².